The van der Waals surface area contributed by atoms with Crippen molar-refractivity contribution in [3.8, 4) is 11.1 Å². The minimum atomic E-state index is -5.10. The second-order valence-electron chi connectivity index (χ2n) is 11.3. The summed E-state index contributed by atoms with van der Waals surface area (Å²) in [6.45, 7) is 4.89. The fourth-order valence-corrected chi connectivity index (χ4v) is 5.69. The standard InChI is InChI=1S/C29H30F7N5O3S/c1-17-10-21(30)6-7-22(17)23-14-25(40-8-9-41(16-40)38-45(5,43)44)37-15-24(23)39(4)26(42)27(2,3)18-11-19(28(31,32)33)13-20(12-18)29(34,35)36/h6-7,10-15,38H,8-9,16H2,1-5H3. The molecule has 1 fully saturated rings. The van der Waals surface area contributed by atoms with Gasteiger partial charge in [-0.3, -0.25) is 4.79 Å². The highest BCUT2D eigenvalue weighted by Crippen LogP contribution is 2.41. The van der Waals surface area contributed by atoms with Crippen LogP contribution < -0.4 is 14.6 Å². The summed E-state index contributed by atoms with van der Waals surface area (Å²) >= 11 is 0. The molecule has 0 saturated carbocycles. The third-order valence-corrected chi connectivity index (χ3v) is 8.05. The van der Waals surface area contributed by atoms with Gasteiger partial charge in [-0.05, 0) is 73.9 Å². The minimum absolute atomic E-state index is 0.00321. The molecule has 1 amide bonds. The summed E-state index contributed by atoms with van der Waals surface area (Å²) in [7, 11) is -2.22. The molecule has 8 nitrogen and oxygen atoms in total. The summed E-state index contributed by atoms with van der Waals surface area (Å²) in [6.07, 6.45) is -7.87. The summed E-state index contributed by atoms with van der Waals surface area (Å²) in [4.78, 5) is 23.6. The van der Waals surface area contributed by atoms with Crippen LogP contribution in [0.3, 0.4) is 0 Å². The van der Waals surface area contributed by atoms with Gasteiger partial charge in [0.05, 0.1) is 41.4 Å². The van der Waals surface area contributed by atoms with Crippen molar-refractivity contribution >= 4 is 27.4 Å². The lowest BCUT2D eigenvalue weighted by Gasteiger charge is -2.32. The fraction of sp³-hybridized carbons (Fsp3) is 0.379. The highest BCUT2D eigenvalue weighted by molar-refractivity contribution is 7.88. The number of hydrazine groups is 1. The molecule has 0 atom stereocenters. The molecule has 1 aliphatic rings. The van der Waals surface area contributed by atoms with E-state index >= 15 is 0 Å². The maximum Gasteiger partial charge on any atom is 0.416 e. The first-order chi connectivity index (χ1) is 20.6. The van der Waals surface area contributed by atoms with Crippen LogP contribution in [0.15, 0.2) is 48.7 Å². The first-order valence-electron chi connectivity index (χ1n) is 13.4. The second-order valence-corrected chi connectivity index (χ2v) is 13.1. The number of nitrogens with zero attached hydrogens (tertiary/aromatic N) is 4. The molecule has 45 heavy (non-hydrogen) atoms. The summed E-state index contributed by atoms with van der Waals surface area (Å²) in [6, 6.07) is 6.58. The number of aryl methyl sites for hydroxylation is 1. The zero-order chi connectivity index (χ0) is 33.7. The molecule has 0 unspecified atom stereocenters. The molecule has 1 aliphatic heterocycles. The van der Waals surface area contributed by atoms with Crippen LogP contribution in [-0.2, 0) is 32.6 Å². The second kappa shape index (κ2) is 11.9. The number of pyridine rings is 1. The molecule has 2 heterocycles. The Hall–Kier alpha value is -3.76. The van der Waals surface area contributed by atoms with Crippen molar-refractivity contribution in [2.24, 2.45) is 0 Å². The van der Waals surface area contributed by atoms with Crippen LogP contribution in [0.1, 0.15) is 36.1 Å². The van der Waals surface area contributed by atoms with Gasteiger partial charge in [-0.25, -0.2) is 22.8 Å². The number of likely N-dealkylation sites (N-methyl/N-ethyl adjacent to an activating group) is 1. The Labute approximate surface area is 255 Å². The number of rotatable bonds is 7. The van der Waals surface area contributed by atoms with Gasteiger partial charge in [-0.15, -0.1) is 4.83 Å². The van der Waals surface area contributed by atoms with E-state index in [1.165, 1.54) is 50.3 Å². The molecule has 244 valence electrons. The van der Waals surface area contributed by atoms with E-state index in [-0.39, 0.29) is 18.4 Å². The van der Waals surface area contributed by atoms with E-state index in [4.69, 9.17) is 0 Å². The van der Waals surface area contributed by atoms with Gasteiger partial charge in [0.2, 0.25) is 15.9 Å². The number of aromatic nitrogens is 1. The highest BCUT2D eigenvalue weighted by atomic mass is 32.2. The van der Waals surface area contributed by atoms with Crippen LogP contribution >= 0.6 is 0 Å². The van der Waals surface area contributed by atoms with Crippen molar-refractivity contribution < 1.29 is 43.9 Å². The number of nitrogens with one attached hydrogen (secondary N) is 1. The monoisotopic (exact) mass is 661 g/mol. The van der Waals surface area contributed by atoms with E-state index in [0.717, 1.165) is 11.2 Å². The van der Waals surface area contributed by atoms with Crippen LogP contribution in [-0.4, -0.2) is 57.4 Å². The lowest BCUT2D eigenvalue weighted by molar-refractivity contribution is -0.143. The number of benzene rings is 2. The van der Waals surface area contributed by atoms with E-state index in [0.29, 0.717) is 47.7 Å². The molecule has 16 heteroatoms. The number of carbonyl (C=O) groups excluding carboxylic acids is 1. The Bertz CT molecular complexity index is 1690. The molecular formula is C29H30F7N5O3S. The SMILES string of the molecule is Cc1cc(F)ccc1-c1cc(N2CCN(NS(C)(=O)=O)C2)ncc1N(C)C(=O)C(C)(C)c1cc(C(F)(F)F)cc(C(F)(F)F)c1. The molecule has 0 bridgehead atoms. The first kappa shape index (κ1) is 34.1. The quantitative estimate of drug-likeness (QED) is 0.327. The molecule has 1 aromatic heterocycles. The molecule has 0 spiro atoms. The fourth-order valence-electron chi connectivity index (χ4n) is 5.08. The number of anilines is 2. The lowest BCUT2D eigenvalue weighted by atomic mass is 9.81. The van der Waals surface area contributed by atoms with Crippen LogP contribution in [0.5, 0.6) is 0 Å². The van der Waals surface area contributed by atoms with Crippen molar-refractivity contribution in [3.05, 3.63) is 76.7 Å². The van der Waals surface area contributed by atoms with Crippen molar-refractivity contribution in [2.45, 2.75) is 38.5 Å². The van der Waals surface area contributed by atoms with Crippen LogP contribution in [0.25, 0.3) is 11.1 Å². The maximum atomic E-state index is 14.0. The van der Waals surface area contributed by atoms with Crippen molar-refractivity contribution in [3.63, 3.8) is 0 Å². The Morgan fingerprint density at radius 1 is 0.911 bits per heavy atom. The van der Waals surface area contributed by atoms with Crippen LogP contribution in [0.2, 0.25) is 0 Å². The lowest BCUT2D eigenvalue weighted by Crippen LogP contribution is -2.42. The van der Waals surface area contributed by atoms with E-state index in [2.05, 4.69) is 9.82 Å². The van der Waals surface area contributed by atoms with Crippen molar-refractivity contribution in [2.75, 3.05) is 42.9 Å². The van der Waals surface area contributed by atoms with Gasteiger partial charge in [0.15, 0.2) is 0 Å². The third-order valence-electron chi connectivity index (χ3n) is 7.46. The van der Waals surface area contributed by atoms with E-state index in [1.807, 2.05) is 0 Å². The number of hydrogen-bond donors (Lipinski definition) is 1. The van der Waals surface area contributed by atoms with Crippen LogP contribution in [0, 0.1) is 12.7 Å². The Morgan fingerprint density at radius 2 is 1.49 bits per heavy atom. The summed E-state index contributed by atoms with van der Waals surface area (Å²) in [5, 5.41) is 1.45. The molecule has 1 saturated heterocycles. The molecule has 0 radical (unpaired) electrons. The summed E-state index contributed by atoms with van der Waals surface area (Å²) < 4.78 is 119. The van der Waals surface area contributed by atoms with Crippen molar-refractivity contribution in [1.82, 2.24) is 14.8 Å². The van der Waals surface area contributed by atoms with Gasteiger partial charge in [0.1, 0.15) is 11.6 Å². The number of amides is 1. The molecule has 3 aromatic rings. The predicted octanol–water partition coefficient (Wildman–Crippen LogP) is 5.72. The minimum Gasteiger partial charge on any atom is -0.341 e. The maximum absolute atomic E-state index is 14.0. The first-order valence-corrected chi connectivity index (χ1v) is 15.3. The van der Waals surface area contributed by atoms with Gasteiger partial charge in [-0.2, -0.15) is 26.3 Å². The number of halogens is 7. The van der Waals surface area contributed by atoms with E-state index in [9.17, 15) is 43.9 Å². The number of alkyl halides is 6. The molecule has 1 N–H and O–H groups in total. The molecular weight excluding hydrogens is 631 g/mol. The average molecular weight is 662 g/mol. The highest BCUT2D eigenvalue weighted by Gasteiger charge is 2.41. The Morgan fingerprint density at radius 3 is 2.02 bits per heavy atom. The van der Waals surface area contributed by atoms with Gasteiger partial charge in [-0.1, -0.05) is 6.07 Å². The number of carbonyl (C=O) groups is 1. The van der Waals surface area contributed by atoms with Gasteiger partial charge in [0.25, 0.3) is 0 Å². The zero-order valence-corrected chi connectivity index (χ0v) is 25.6. The molecule has 0 aliphatic carbocycles. The van der Waals surface area contributed by atoms with Crippen molar-refractivity contribution in [1.29, 1.82) is 0 Å². The topological polar surface area (TPSA) is 85.8 Å². The predicted molar refractivity (Wildman–Crippen MR) is 154 cm³/mol. The van der Waals surface area contributed by atoms with E-state index < -0.39 is 56.2 Å². The Kier molecular flexibility index (Phi) is 9.00. The third kappa shape index (κ3) is 7.56. The zero-order valence-electron chi connectivity index (χ0n) is 24.8. The van der Waals surface area contributed by atoms with Gasteiger partial charge < -0.3 is 9.80 Å². The smallest absolute Gasteiger partial charge is 0.341 e. The van der Waals surface area contributed by atoms with Gasteiger partial charge in [0, 0.05) is 25.7 Å². The van der Waals surface area contributed by atoms with Crippen LogP contribution in [0.4, 0.5) is 42.2 Å². The van der Waals surface area contributed by atoms with E-state index in [1.54, 1.807) is 17.9 Å². The average Bonchev–Trinajstić information content (AvgIpc) is 3.37. The number of sulfonamides is 1. The summed E-state index contributed by atoms with van der Waals surface area (Å²) in [5.74, 6) is -0.983. The molecule has 2 aromatic carbocycles. The molecule has 4 rings (SSSR count). The van der Waals surface area contributed by atoms with Gasteiger partial charge >= 0.3 is 12.4 Å². The number of hydrogen-bond acceptors (Lipinski definition) is 6. The largest absolute Gasteiger partial charge is 0.416 e. The Balaban J connectivity index is 1.79. The normalized spacial score (nSPS) is 15.1. The summed E-state index contributed by atoms with van der Waals surface area (Å²) in [5.41, 5.74) is -3.99.